The molecule has 1 rings (SSSR count). The fraction of sp³-hybridized carbons (Fsp3) is 0.667. The molecule has 2 N–H and O–H groups in total. The summed E-state index contributed by atoms with van der Waals surface area (Å²) in [5.41, 5.74) is 5.94. The second kappa shape index (κ2) is 6.66. The molecule has 0 bridgehead atoms. The standard InChI is InChI=1S/C12H20Br2N2S/c1-7(2)8(3)16(4)10(6-15)11-5-9(13)12(14)17-11/h5,7-8,10H,6,15H2,1-4H3. The van der Waals surface area contributed by atoms with Crippen molar-refractivity contribution >= 4 is 43.2 Å². The van der Waals surface area contributed by atoms with Crippen LogP contribution in [-0.2, 0) is 0 Å². The lowest BCUT2D eigenvalue weighted by Crippen LogP contribution is -2.39. The van der Waals surface area contributed by atoms with E-state index in [0.29, 0.717) is 24.5 Å². The normalized spacial score (nSPS) is 15.6. The van der Waals surface area contributed by atoms with Gasteiger partial charge in [0, 0.05) is 21.9 Å². The molecule has 0 aromatic carbocycles. The Morgan fingerprint density at radius 2 is 1.94 bits per heavy atom. The van der Waals surface area contributed by atoms with Crippen molar-refractivity contribution in [2.24, 2.45) is 11.7 Å². The van der Waals surface area contributed by atoms with Gasteiger partial charge in [-0.2, -0.15) is 0 Å². The molecular weight excluding hydrogens is 364 g/mol. The van der Waals surface area contributed by atoms with Gasteiger partial charge in [0.15, 0.2) is 0 Å². The number of nitrogens with two attached hydrogens (primary N) is 1. The summed E-state index contributed by atoms with van der Waals surface area (Å²) in [6.07, 6.45) is 0. The maximum absolute atomic E-state index is 5.94. The molecule has 0 amide bonds. The minimum atomic E-state index is 0.292. The third-order valence-corrected chi connectivity index (χ3v) is 6.67. The maximum atomic E-state index is 5.94. The van der Waals surface area contributed by atoms with Gasteiger partial charge in [0.25, 0.3) is 0 Å². The number of hydrogen-bond donors (Lipinski definition) is 1. The van der Waals surface area contributed by atoms with Crippen molar-refractivity contribution in [3.63, 3.8) is 0 Å². The number of rotatable bonds is 5. The Balaban J connectivity index is 2.91. The van der Waals surface area contributed by atoms with Crippen LogP contribution < -0.4 is 5.73 Å². The van der Waals surface area contributed by atoms with Crippen LogP contribution >= 0.6 is 43.2 Å². The quantitative estimate of drug-likeness (QED) is 0.823. The maximum Gasteiger partial charge on any atom is 0.0843 e. The highest BCUT2D eigenvalue weighted by Crippen LogP contribution is 2.37. The molecule has 2 nitrogen and oxygen atoms in total. The van der Waals surface area contributed by atoms with Crippen LogP contribution in [0.1, 0.15) is 31.7 Å². The molecule has 0 aliphatic carbocycles. The smallest absolute Gasteiger partial charge is 0.0843 e. The van der Waals surface area contributed by atoms with Gasteiger partial charge in [-0.1, -0.05) is 13.8 Å². The molecule has 2 atom stereocenters. The summed E-state index contributed by atoms with van der Waals surface area (Å²) in [5.74, 6) is 0.626. The van der Waals surface area contributed by atoms with Crippen LogP contribution in [0.3, 0.4) is 0 Å². The van der Waals surface area contributed by atoms with Gasteiger partial charge < -0.3 is 5.73 Å². The van der Waals surface area contributed by atoms with Crippen LogP contribution in [0, 0.1) is 5.92 Å². The molecule has 98 valence electrons. The van der Waals surface area contributed by atoms with E-state index in [1.807, 2.05) is 0 Å². The van der Waals surface area contributed by atoms with Crippen molar-refractivity contribution in [3.05, 3.63) is 19.2 Å². The minimum absolute atomic E-state index is 0.292. The van der Waals surface area contributed by atoms with Crippen LogP contribution in [-0.4, -0.2) is 24.5 Å². The van der Waals surface area contributed by atoms with Gasteiger partial charge in [0.05, 0.1) is 9.83 Å². The fourth-order valence-corrected chi connectivity index (χ4v) is 4.02. The molecule has 17 heavy (non-hydrogen) atoms. The summed E-state index contributed by atoms with van der Waals surface area (Å²) in [6, 6.07) is 2.97. The van der Waals surface area contributed by atoms with Crippen LogP contribution in [0.25, 0.3) is 0 Å². The van der Waals surface area contributed by atoms with Crippen molar-refractivity contribution in [2.75, 3.05) is 13.6 Å². The van der Waals surface area contributed by atoms with Crippen LogP contribution in [0.2, 0.25) is 0 Å². The SMILES string of the molecule is CC(C)C(C)N(C)C(CN)c1cc(Br)c(Br)s1. The zero-order valence-corrected chi connectivity index (χ0v) is 14.7. The van der Waals surface area contributed by atoms with Crippen molar-refractivity contribution in [1.29, 1.82) is 0 Å². The number of halogens is 2. The van der Waals surface area contributed by atoms with E-state index in [0.717, 1.165) is 8.26 Å². The molecule has 1 heterocycles. The number of nitrogens with zero attached hydrogens (tertiary/aromatic N) is 1. The highest BCUT2D eigenvalue weighted by Gasteiger charge is 2.24. The molecule has 0 aliphatic rings. The average Bonchev–Trinajstić information content (AvgIpc) is 2.58. The van der Waals surface area contributed by atoms with E-state index in [-0.39, 0.29) is 0 Å². The average molecular weight is 384 g/mol. The molecule has 0 saturated carbocycles. The molecule has 1 aromatic rings. The third kappa shape index (κ3) is 3.77. The van der Waals surface area contributed by atoms with Crippen LogP contribution in [0.15, 0.2) is 14.3 Å². The molecule has 0 spiro atoms. The molecular formula is C12H20Br2N2S. The van der Waals surface area contributed by atoms with Gasteiger partial charge in [-0.25, -0.2) is 0 Å². The topological polar surface area (TPSA) is 29.3 Å². The Bertz CT molecular complexity index is 346. The first-order valence-electron chi connectivity index (χ1n) is 5.75. The summed E-state index contributed by atoms with van der Waals surface area (Å²) < 4.78 is 2.25. The minimum Gasteiger partial charge on any atom is -0.329 e. The first-order valence-corrected chi connectivity index (χ1v) is 8.15. The molecule has 5 heteroatoms. The summed E-state index contributed by atoms with van der Waals surface area (Å²) >= 11 is 8.83. The Morgan fingerprint density at radius 3 is 2.29 bits per heavy atom. The summed E-state index contributed by atoms with van der Waals surface area (Å²) in [4.78, 5) is 3.68. The number of hydrogen-bond acceptors (Lipinski definition) is 3. The highest BCUT2D eigenvalue weighted by atomic mass is 79.9. The van der Waals surface area contributed by atoms with Gasteiger partial charge in [-0.05, 0) is 57.8 Å². The van der Waals surface area contributed by atoms with E-state index in [4.69, 9.17) is 5.73 Å². The molecule has 0 aliphatic heterocycles. The van der Waals surface area contributed by atoms with Crippen molar-refractivity contribution in [3.8, 4) is 0 Å². The Labute approximate surface area is 125 Å². The first-order chi connectivity index (χ1) is 7.88. The predicted octanol–water partition coefficient (Wildman–Crippen LogP) is 4.25. The van der Waals surface area contributed by atoms with Crippen molar-refractivity contribution in [1.82, 2.24) is 4.90 Å². The lowest BCUT2D eigenvalue weighted by molar-refractivity contribution is 0.154. The Hall–Kier alpha value is 0.580. The van der Waals surface area contributed by atoms with E-state index in [1.165, 1.54) is 4.88 Å². The van der Waals surface area contributed by atoms with Gasteiger partial charge in [0.1, 0.15) is 0 Å². The molecule has 2 unspecified atom stereocenters. The zero-order valence-electron chi connectivity index (χ0n) is 10.7. The summed E-state index contributed by atoms with van der Waals surface area (Å²) in [5, 5.41) is 0. The zero-order chi connectivity index (χ0) is 13.2. The monoisotopic (exact) mass is 382 g/mol. The summed E-state index contributed by atoms with van der Waals surface area (Å²) in [6.45, 7) is 7.39. The van der Waals surface area contributed by atoms with Gasteiger partial charge in [-0.15, -0.1) is 11.3 Å². The lowest BCUT2D eigenvalue weighted by atomic mass is 10.0. The molecule has 0 saturated heterocycles. The van der Waals surface area contributed by atoms with E-state index in [2.05, 4.69) is 70.6 Å². The van der Waals surface area contributed by atoms with Crippen LogP contribution in [0.5, 0.6) is 0 Å². The van der Waals surface area contributed by atoms with Crippen molar-refractivity contribution < 1.29 is 0 Å². The van der Waals surface area contributed by atoms with Crippen molar-refractivity contribution in [2.45, 2.75) is 32.9 Å². The van der Waals surface area contributed by atoms with E-state index in [9.17, 15) is 0 Å². The molecule has 1 aromatic heterocycles. The Morgan fingerprint density at radius 1 is 1.35 bits per heavy atom. The lowest BCUT2D eigenvalue weighted by Gasteiger charge is -2.34. The second-order valence-electron chi connectivity index (χ2n) is 4.67. The van der Waals surface area contributed by atoms with Gasteiger partial charge in [0.2, 0.25) is 0 Å². The number of likely N-dealkylation sites (N-methyl/N-ethyl adjacent to an activating group) is 1. The van der Waals surface area contributed by atoms with Crippen LogP contribution in [0.4, 0.5) is 0 Å². The third-order valence-electron chi connectivity index (χ3n) is 3.31. The highest BCUT2D eigenvalue weighted by molar-refractivity contribution is 9.13. The fourth-order valence-electron chi connectivity index (χ4n) is 1.76. The summed E-state index contributed by atoms with van der Waals surface area (Å²) in [7, 11) is 2.16. The van der Waals surface area contributed by atoms with E-state index < -0.39 is 0 Å². The first kappa shape index (κ1) is 15.6. The van der Waals surface area contributed by atoms with E-state index >= 15 is 0 Å². The second-order valence-corrected chi connectivity index (χ2v) is 7.93. The Kier molecular flexibility index (Phi) is 6.13. The molecule has 0 fully saturated rings. The predicted molar refractivity (Wildman–Crippen MR) is 83.6 cm³/mol. The molecule has 0 radical (unpaired) electrons. The largest absolute Gasteiger partial charge is 0.329 e. The number of thiophene rings is 1. The van der Waals surface area contributed by atoms with Gasteiger partial charge >= 0.3 is 0 Å². The van der Waals surface area contributed by atoms with E-state index in [1.54, 1.807) is 11.3 Å². The van der Waals surface area contributed by atoms with Gasteiger partial charge in [-0.3, -0.25) is 4.90 Å².